The Morgan fingerprint density at radius 3 is 2.90 bits per heavy atom. The number of nitrogens with one attached hydrogen (secondary N) is 1. The lowest BCUT2D eigenvalue weighted by Gasteiger charge is -2.09. The van der Waals surface area contributed by atoms with Gasteiger partial charge in [0.15, 0.2) is 11.5 Å². The van der Waals surface area contributed by atoms with Gasteiger partial charge < -0.3 is 11.1 Å². The second-order valence-corrected chi connectivity index (χ2v) is 5.51. The number of imidazole rings is 1. The fraction of sp³-hybridized carbons (Fsp3) is 0.250. The van der Waals surface area contributed by atoms with E-state index in [0.717, 1.165) is 35.0 Å². The summed E-state index contributed by atoms with van der Waals surface area (Å²) < 4.78 is 2.03. The van der Waals surface area contributed by atoms with E-state index in [1.54, 1.807) is 6.20 Å². The molecule has 0 amide bonds. The van der Waals surface area contributed by atoms with E-state index in [4.69, 9.17) is 5.73 Å². The summed E-state index contributed by atoms with van der Waals surface area (Å²) >= 11 is 0. The van der Waals surface area contributed by atoms with Crippen molar-refractivity contribution in [1.82, 2.24) is 14.4 Å². The average molecular weight is 281 g/mol. The highest BCUT2D eigenvalue weighted by molar-refractivity contribution is 5.72. The van der Waals surface area contributed by atoms with Gasteiger partial charge in [-0.05, 0) is 18.1 Å². The Morgan fingerprint density at radius 2 is 2.14 bits per heavy atom. The van der Waals surface area contributed by atoms with Crippen molar-refractivity contribution in [3.05, 3.63) is 42.9 Å². The van der Waals surface area contributed by atoms with Crippen molar-refractivity contribution < 1.29 is 0 Å². The molecule has 3 rings (SSSR count). The molecular weight excluding hydrogens is 262 g/mol. The van der Waals surface area contributed by atoms with Gasteiger partial charge in [0, 0.05) is 30.2 Å². The number of nitrogens with two attached hydrogens (primary N) is 1. The highest BCUT2D eigenvalue weighted by atomic mass is 15.1. The van der Waals surface area contributed by atoms with Gasteiger partial charge in [-0.1, -0.05) is 26.0 Å². The summed E-state index contributed by atoms with van der Waals surface area (Å²) in [5.41, 5.74) is 9.49. The van der Waals surface area contributed by atoms with Crippen molar-refractivity contribution in [3.63, 3.8) is 0 Å². The molecule has 0 unspecified atom stereocenters. The first-order valence-corrected chi connectivity index (χ1v) is 7.07. The minimum atomic E-state index is 0.551. The van der Waals surface area contributed by atoms with Gasteiger partial charge in [0.25, 0.3) is 0 Å². The molecule has 21 heavy (non-hydrogen) atoms. The van der Waals surface area contributed by atoms with Gasteiger partial charge in [0.05, 0.1) is 11.9 Å². The van der Waals surface area contributed by atoms with Crippen molar-refractivity contribution in [2.24, 2.45) is 5.92 Å². The summed E-state index contributed by atoms with van der Waals surface area (Å²) in [5.74, 6) is 1.36. The second kappa shape index (κ2) is 5.44. The molecule has 3 N–H and O–H groups in total. The van der Waals surface area contributed by atoms with Crippen molar-refractivity contribution in [2.75, 3.05) is 17.6 Å². The number of aromatic nitrogens is 3. The standard InChI is InChI=1S/C16H19N5/c1-11(2)9-19-15-16-20-10-14(21(16)7-6-18-15)12-4-3-5-13(17)8-12/h3-8,10-11H,9,17H2,1-2H3,(H,18,19). The van der Waals surface area contributed by atoms with E-state index in [9.17, 15) is 0 Å². The van der Waals surface area contributed by atoms with Gasteiger partial charge in [-0.3, -0.25) is 4.40 Å². The van der Waals surface area contributed by atoms with Crippen LogP contribution in [0.3, 0.4) is 0 Å². The molecule has 1 aromatic carbocycles. The van der Waals surface area contributed by atoms with Crippen LogP contribution in [0.5, 0.6) is 0 Å². The molecule has 5 nitrogen and oxygen atoms in total. The first-order chi connectivity index (χ1) is 10.1. The van der Waals surface area contributed by atoms with Gasteiger partial charge >= 0.3 is 0 Å². The maximum absolute atomic E-state index is 5.87. The molecule has 108 valence electrons. The molecule has 3 aromatic rings. The van der Waals surface area contributed by atoms with Crippen LogP contribution in [0.4, 0.5) is 11.5 Å². The number of hydrogen-bond donors (Lipinski definition) is 2. The topological polar surface area (TPSA) is 68.2 Å². The number of fused-ring (bicyclic) bond motifs is 1. The lowest BCUT2D eigenvalue weighted by molar-refractivity contribution is 0.687. The van der Waals surface area contributed by atoms with Gasteiger partial charge in [0.1, 0.15) is 0 Å². The Hall–Kier alpha value is -2.56. The Bertz CT molecular complexity index is 760. The Kier molecular flexibility index (Phi) is 3.48. The third-order valence-electron chi connectivity index (χ3n) is 3.29. The van der Waals surface area contributed by atoms with Crippen LogP contribution >= 0.6 is 0 Å². The molecule has 0 atom stereocenters. The third kappa shape index (κ3) is 2.67. The Morgan fingerprint density at radius 1 is 1.29 bits per heavy atom. The Balaban J connectivity index is 2.05. The maximum atomic E-state index is 5.87. The van der Waals surface area contributed by atoms with E-state index in [-0.39, 0.29) is 0 Å². The molecule has 0 radical (unpaired) electrons. The summed E-state index contributed by atoms with van der Waals surface area (Å²) in [7, 11) is 0. The predicted octanol–water partition coefficient (Wildman–Crippen LogP) is 3.05. The minimum absolute atomic E-state index is 0.551. The van der Waals surface area contributed by atoms with Gasteiger partial charge in [-0.25, -0.2) is 9.97 Å². The molecule has 0 aliphatic carbocycles. The zero-order valence-corrected chi connectivity index (χ0v) is 12.2. The van der Waals surface area contributed by atoms with Crippen molar-refractivity contribution in [2.45, 2.75) is 13.8 Å². The number of rotatable bonds is 4. The van der Waals surface area contributed by atoms with Crippen molar-refractivity contribution in [1.29, 1.82) is 0 Å². The largest absolute Gasteiger partial charge is 0.399 e. The van der Waals surface area contributed by atoms with Crippen LogP contribution in [0.1, 0.15) is 13.8 Å². The minimum Gasteiger partial charge on any atom is -0.399 e. The van der Waals surface area contributed by atoms with Gasteiger partial charge in [-0.15, -0.1) is 0 Å². The van der Waals surface area contributed by atoms with E-state index in [1.807, 2.05) is 41.1 Å². The highest BCUT2D eigenvalue weighted by Crippen LogP contribution is 2.24. The fourth-order valence-corrected chi connectivity index (χ4v) is 2.26. The van der Waals surface area contributed by atoms with Crippen LogP contribution in [-0.4, -0.2) is 20.9 Å². The van der Waals surface area contributed by atoms with Crippen molar-refractivity contribution in [3.8, 4) is 11.3 Å². The number of benzene rings is 1. The first-order valence-electron chi connectivity index (χ1n) is 7.07. The zero-order valence-electron chi connectivity index (χ0n) is 12.2. The van der Waals surface area contributed by atoms with Gasteiger partial charge in [0.2, 0.25) is 0 Å². The third-order valence-corrected chi connectivity index (χ3v) is 3.29. The highest BCUT2D eigenvalue weighted by Gasteiger charge is 2.10. The lowest BCUT2D eigenvalue weighted by atomic mass is 10.1. The fourth-order valence-electron chi connectivity index (χ4n) is 2.26. The maximum Gasteiger partial charge on any atom is 0.180 e. The van der Waals surface area contributed by atoms with Crippen molar-refractivity contribution >= 4 is 17.2 Å². The first kappa shape index (κ1) is 13.4. The molecule has 0 saturated heterocycles. The lowest BCUT2D eigenvalue weighted by Crippen LogP contribution is -2.10. The molecule has 0 bridgehead atoms. The van der Waals surface area contributed by atoms with Crippen LogP contribution in [-0.2, 0) is 0 Å². The average Bonchev–Trinajstić information content (AvgIpc) is 2.89. The summed E-state index contributed by atoms with van der Waals surface area (Å²) in [4.78, 5) is 8.88. The van der Waals surface area contributed by atoms with E-state index in [1.165, 1.54) is 0 Å². The predicted molar refractivity (Wildman–Crippen MR) is 86.2 cm³/mol. The van der Waals surface area contributed by atoms with Crippen LogP contribution in [0, 0.1) is 5.92 Å². The number of anilines is 2. The van der Waals surface area contributed by atoms with E-state index >= 15 is 0 Å². The second-order valence-electron chi connectivity index (χ2n) is 5.51. The molecule has 0 spiro atoms. The SMILES string of the molecule is CC(C)CNc1nccn2c(-c3cccc(N)c3)cnc12. The summed E-state index contributed by atoms with van der Waals surface area (Å²) in [5, 5.41) is 3.34. The molecule has 0 fully saturated rings. The quantitative estimate of drug-likeness (QED) is 0.721. The summed E-state index contributed by atoms with van der Waals surface area (Å²) in [6, 6.07) is 7.81. The number of nitrogens with zero attached hydrogens (tertiary/aromatic N) is 3. The molecule has 5 heteroatoms. The Labute approximate surface area is 123 Å². The van der Waals surface area contributed by atoms with Crippen LogP contribution in [0.2, 0.25) is 0 Å². The molecule has 0 saturated carbocycles. The molecule has 2 aromatic heterocycles. The smallest absolute Gasteiger partial charge is 0.180 e. The van der Waals surface area contributed by atoms with E-state index in [2.05, 4.69) is 29.1 Å². The molecule has 0 aliphatic rings. The van der Waals surface area contributed by atoms with Crippen LogP contribution < -0.4 is 11.1 Å². The van der Waals surface area contributed by atoms with Crippen LogP contribution in [0.15, 0.2) is 42.9 Å². The molecule has 2 heterocycles. The zero-order chi connectivity index (χ0) is 14.8. The normalized spacial score (nSPS) is 11.2. The summed E-state index contributed by atoms with van der Waals surface area (Å²) in [6.07, 6.45) is 5.56. The monoisotopic (exact) mass is 281 g/mol. The summed E-state index contributed by atoms with van der Waals surface area (Å²) in [6.45, 7) is 5.20. The number of hydrogen-bond acceptors (Lipinski definition) is 4. The number of nitrogen functional groups attached to an aromatic ring is 1. The van der Waals surface area contributed by atoms with E-state index < -0.39 is 0 Å². The van der Waals surface area contributed by atoms with Crippen LogP contribution in [0.25, 0.3) is 16.9 Å². The van der Waals surface area contributed by atoms with E-state index in [0.29, 0.717) is 5.92 Å². The molecule has 0 aliphatic heterocycles. The van der Waals surface area contributed by atoms with Gasteiger partial charge in [-0.2, -0.15) is 0 Å². The molecular formula is C16H19N5.